The van der Waals surface area contributed by atoms with Crippen LogP contribution in [0.25, 0.3) is 11.1 Å². The molecule has 0 radical (unpaired) electrons. The Morgan fingerprint density at radius 1 is 0.895 bits per heavy atom. The fraction of sp³-hybridized carbons (Fsp3) is 0.433. The van der Waals surface area contributed by atoms with Crippen molar-refractivity contribution >= 4 is 11.6 Å². The van der Waals surface area contributed by atoms with Gasteiger partial charge in [-0.1, -0.05) is 37.5 Å². The summed E-state index contributed by atoms with van der Waals surface area (Å²) in [6.45, 7) is 3.04. The lowest BCUT2D eigenvalue weighted by Gasteiger charge is -2.30. The van der Waals surface area contributed by atoms with Crippen molar-refractivity contribution in [3.8, 4) is 22.6 Å². The zero-order valence-corrected chi connectivity index (χ0v) is 22.7. The first kappa shape index (κ1) is 27.5. The number of ether oxygens (including phenoxy) is 3. The second kappa shape index (κ2) is 13.9. The van der Waals surface area contributed by atoms with Crippen molar-refractivity contribution in [2.75, 3.05) is 45.9 Å². The van der Waals surface area contributed by atoms with Crippen LogP contribution in [0.4, 0.5) is 5.69 Å². The van der Waals surface area contributed by atoms with E-state index in [1.165, 1.54) is 6.33 Å². The van der Waals surface area contributed by atoms with Gasteiger partial charge in [0.05, 0.1) is 14.2 Å². The van der Waals surface area contributed by atoms with Crippen LogP contribution in [-0.4, -0.2) is 61.8 Å². The molecule has 1 aliphatic rings. The second-order valence-corrected chi connectivity index (χ2v) is 9.58. The fourth-order valence-electron chi connectivity index (χ4n) is 5.09. The highest BCUT2D eigenvalue weighted by Crippen LogP contribution is 2.34. The average molecular weight is 519 g/mol. The minimum Gasteiger partial charge on any atom is -0.493 e. The van der Waals surface area contributed by atoms with Gasteiger partial charge in [0.15, 0.2) is 11.5 Å². The van der Waals surface area contributed by atoms with E-state index in [-0.39, 0.29) is 12.5 Å². The van der Waals surface area contributed by atoms with Crippen LogP contribution in [0.3, 0.4) is 0 Å². The lowest BCUT2D eigenvalue weighted by molar-refractivity contribution is -0.122. The van der Waals surface area contributed by atoms with Gasteiger partial charge in [-0.15, -0.1) is 0 Å². The SMILES string of the molecule is COCC(=O)N1CCCCCCCN(Cc2cccc(OC)c2OC)Cc2cc(-c3cncnc3)ccc21. The van der Waals surface area contributed by atoms with Crippen molar-refractivity contribution < 1.29 is 19.0 Å². The van der Waals surface area contributed by atoms with Gasteiger partial charge in [0, 0.05) is 56.0 Å². The van der Waals surface area contributed by atoms with Gasteiger partial charge < -0.3 is 19.1 Å². The number of fused-ring (bicyclic) bond motifs is 1. The van der Waals surface area contributed by atoms with Crippen LogP contribution in [-0.2, 0) is 22.6 Å². The van der Waals surface area contributed by atoms with E-state index in [0.29, 0.717) is 19.6 Å². The Balaban J connectivity index is 1.76. The molecule has 0 aliphatic carbocycles. The van der Waals surface area contributed by atoms with E-state index >= 15 is 0 Å². The van der Waals surface area contributed by atoms with Crippen LogP contribution in [0.2, 0.25) is 0 Å². The normalized spacial score (nSPS) is 15.2. The summed E-state index contributed by atoms with van der Waals surface area (Å²) in [5, 5.41) is 0. The van der Waals surface area contributed by atoms with Crippen LogP contribution in [0.1, 0.15) is 43.2 Å². The van der Waals surface area contributed by atoms with E-state index in [0.717, 1.165) is 78.1 Å². The molecule has 2 aromatic carbocycles. The Hall–Kier alpha value is -3.49. The van der Waals surface area contributed by atoms with Crippen LogP contribution in [0.15, 0.2) is 55.1 Å². The maximum Gasteiger partial charge on any atom is 0.252 e. The first-order valence-corrected chi connectivity index (χ1v) is 13.2. The van der Waals surface area contributed by atoms with Gasteiger partial charge in [0.25, 0.3) is 5.91 Å². The molecule has 4 rings (SSSR count). The van der Waals surface area contributed by atoms with E-state index in [1.54, 1.807) is 21.3 Å². The largest absolute Gasteiger partial charge is 0.493 e. The summed E-state index contributed by atoms with van der Waals surface area (Å²) in [7, 11) is 4.91. The third kappa shape index (κ3) is 6.88. The van der Waals surface area contributed by atoms with Gasteiger partial charge in [-0.2, -0.15) is 0 Å². The first-order valence-electron chi connectivity index (χ1n) is 13.2. The summed E-state index contributed by atoms with van der Waals surface area (Å²) >= 11 is 0. The van der Waals surface area contributed by atoms with Crippen molar-refractivity contribution in [3.05, 3.63) is 66.2 Å². The Bertz CT molecular complexity index is 1190. The van der Waals surface area contributed by atoms with E-state index in [1.807, 2.05) is 35.5 Å². The summed E-state index contributed by atoms with van der Waals surface area (Å²) in [6.07, 6.45) is 10.6. The number of nitrogens with zero attached hydrogens (tertiary/aromatic N) is 4. The number of amides is 1. The number of carbonyl (C=O) groups is 1. The molecule has 0 bridgehead atoms. The van der Waals surface area contributed by atoms with Gasteiger partial charge >= 0.3 is 0 Å². The predicted octanol–water partition coefficient (Wildman–Crippen LogP) is 5.11. The molecule has 202 valence electrons. The van der Waals surface area contributed by atoms with Crippen LogP contribution < -0.4 is 14.4 Å². The standard InChI is InChI=1S/C30H38N4O4/c1-36-21-29(35)34-15-8-6-4-5-7-14-33(19-24-10-9-11-28(37-2)30(24)38-3)20-25-16-23(12-13-27(25)34)26-17-31-22-32-18-26/h9-13,16-18,22H,4-8,14-15,19-21H2,1-3H3. The first-order chi connectivity index (χ1) is 18.6. The minimum absolute atomic E-state index is 0.0254. The van der Waals surface area contributed by atoms with E-state index in [9.17, 15) is 4.79 Å². The molecule has 0 unspecified atom stereocenters. The van der Waals surface area contributed by atoms with E-state index in [4.69, 9.17) is 14.2 Å². The Kier molecular flexibility index (Phi) is 10.1. The third-order valence-corrected chi connectivity index (χ3v) is 6.96. The molecule has 38 heavy (non-hydrogen) atoms. The molecule has 0 saturated heterocycles. The summed E-state index contributed by atoms with van der Waals surface area (Å²) in [4.78, 5) is 25.9. The smallest absolute Gasteiger partial charge is 0.252 e. The van der Waals surface area contributed by atoms with Crippen molar-refractivity contribution in [2.45, 2.75) is 45.2 Å². The summed E-state index contributed by atoms with van der Waals surface area (Å²) in [5.74, 6) is 1.46. The lowest BCUT2D eigenvalue weighted by Crippen LogP contribution is -2.36. The van der Waals surface area contributed by atoms with Crippen molar-refractivity contribution in [1.29, 1.82) is 0 Å². The van der Waals surface area contributed by atoms with Crippen LogP contribution in [0, 0.1) is 0 Å². The monoisotopic (exact) mass is 518 g/mol. The topological polar surface area (TPSA) is 77.0 Å². The van der Waals surface area contributed by atoms with Crippen molar-refractivity contribution in [2.24, 2.45) is 0 Å². The molecule has 3 aromatic rings. The van der Waals surface area contributed by atoms with Gasteiger partial charge in [0.2, 0.25) is 0 Å². The lowest BCUT2D eigenvalue weighted by atomic mass is 10.0. The highest BCUT2D eigenvalue weighted by atomic mass is 16.5. The Morgan fingerprint density at radius 2 is 1.66 bits per heavy atom. The number of carbonyl (C=O) groups excluding carboxylic acids is 1. The molecule has 1 amide bonds. The van der Waals surface area contributed by atoms with Crippen molar-refractivity contribution in [1.82, 2.24) is 14.9 Å². The van der Waals surface area contributed by atoms with E-state index in [2.05, 4.69) is 33.1 Å². The molecule has 1 aromatic heterocycles. The summed E-state index contributed by atoms with van der Waals surface area (Å²) < 4.78 is 16.5. The number of aromatic nitrogens is 2. The predicted molar refractivity (Wildman–Crippen MR) is 148 cm³/mol. The Morgan fingerprint density at radius 3 is 2.39 bits per heavy atom. The molecule has 0 N–H and O–H groups in total. The minimum atomic E-state index is -0.0254. The highest BCUT2D eigenvalue weighted by molar-refractivity contribution is 5.95. The van der Waals surface area contributed by atoms with Crippen molar-refractivity contribution in [3.63, 3.8) is 0 Å². The Labute approximate surface area is 225 Å². The molecule has 2 heterocycles. The summed E-state index contributed by atoms with van der Waals surface area (Å²) in [5.41, 5.74) is 5.04. The fourth-order valence-corrected chi connectivity index (χ4v) is 5.09. The maximum atomic E-state index is 13.2. The van der Waals surface area contributed by atoms with Gasteiger partial charge in [0.1, 0.15) is 12.9 Å². The number of benzene rings is 2. The number of para-hydroxylation sites is 1. The highest BCUT2D eigenvalue weighted by Gasteiger charge is 2.22. The molecule has 0 saturated carbocycles. The molecule has 1 aliphatic heterocycles. The number of hydrogen-bond acceptors (Lipinski definition) is 7. The third-order valence-electron chi connectivity index (χ3n) is 6.96. The summed E-state index contributed by atoms with van der Waals surface area (Å²) in [6, 6.07) is 12.3. The number of rotatable bonds is 7. The maximum absolute atomic E-state index is 13.2. The van der Waals surface area contributed by atoms with Crippen LogP contribution in [0.5, 0.6) is 11.5 Å². The van der Waals surface area contributed by atoms with E-state index < -0.39 is 0 Å². The number of anilines is 1. The second-order valence-electron chi connectivity index (χ2n) is 9.58. The molecular formula is C30H38N4O4. The average Bonchev–Trinajstić information content (AvgIpc) is 2.94. The van der Waals surface area contributed by atoms with Gasteiger partial charge in [-0.05, 0) is 48.7 Å². The molecule has 0 spiro atoms. The van der Waals surface area contributed by atoms with Gasteiger partial charge in [-0.3, -0.25) is 9.69 Å². The number of methoxy groups -OCH3 is 3. The molecule has 0 fully saturated rings. The molecule has 8 heteroatoms. The quantitative estimate of drug-likeness (QED) is 0.430. The molecular weight excluding hydrogens is 480 g/mol. The zero-order chi connectivity index (χ0) is 26.7. The molecule has 0 atom stereocenters. The van der Waals surface area contributed by atoms with Crippen LogP contribution >= 0.6 is 0 Å². The zero-order valence-electron chi connectivity index (χ0n) is 22.7. The number of hydrogen-bond donors (Lipinski definition) is 0. The van der Waals surface area contributed by atoms with Gasteiger partial charge in [-0.25, -0.2) is 9.97 Å². The molecule has 8 nitrogen and oxygen atoms in total.